The monoisotopic (exact) mass is 481 g/mol. The number of alkyl halides is 3. The molecule has 3 aromatic carbocycles. The number of rotatable bonds is 7. The second kappa shape index (κ2) is 9.71. The van der Waals surface area contributed by atoms with Gasteiger partial charge in [-0.2, -0.15) is 18.2 Å². The van der Waals surface area contributed by atoms with E-state index >= 15 is 0 Å². The molecular formula is C26H22F3N3O3. The summed E-state index contributed by atoms with van der Waals surface area (Å²) < 4.78 is 47.0. The average molecular weight is 481 g/mol. The normalized spacial score (nSPS) is 12.5. The van der Waals surface area contributed by atoms with Gasteiger partial charge in [0.2, 0.25) is 5.82 Å². The van der Waals surface area contributed by atoms with Crippen molar-refractivity contribution in [2.24, 2.45) is 0 Å². The number of nitrogens with zero attached hydrogens (tertiary/aromatic N) is 2. The van der Waals surface area contributed by atoms with Crippen LogP contribution < -0.4 is 5.32 Å². The Balaban J connectivity index is 1.60. The van der Waals surface area contributed by atoms with E-state index in [0.29, 0.717) is 17.7 Å². The van der Waals surface area contributed by atoms with Crippen molar-refractivity contribution in [2.75, 3.05) is 0 Å². The average Bonchev–Trinajstić information content (AvgIpc) is 3.32. The molecule has 4 aromatic rings. The molecule has 0 bridgehead atoms. The third kappa shape index (κ3) is 5.41. The zero-order chi connectivity index (χ0) is 25.2. The van der Waals surface area contributed by atoms with Crippen molar-refractivity contribution in [2.45, 2.75) is 32.6 Å². The van der Waals surface area contributed by atoms with Gasteiger partial charge in [-0.15, -0.1) is 0 Å². The molecule has 0 saturated carbocycles. The van der Waals surface area contributed by atoms with E-state index in [0.717, 1.165) is 17.2 Å². The minimum atomic E-state index is -4.57. The number of benzene rings is 3. The van der Waals surface area contributed by atoms with Gasteiger partial charge < -0.3 is 14.9 Å². The molecule has 1 aromatic heterocycles. The lowest BCUT2D eigenvalue weighted by Crippen LogP contribution is -2.33. The maximum absolute atomic E-state index is 13.9. The standard InChI is InChI=1S/C26H22F3N3O3/c1-15-5-3-4-6-20(15)21-12-11-19(13-22(21)26(27,28)29)24-31-23(32-35-24)18-9-7-17(8-10-18)14-30-16(2)25(33)34/h3-13,16,30H,14H2,1-2H3,(H,33,34)/t16-/m0/s1. The number of hydrogen-bond donors (Lipinski definition) is 2. The highest BCUT2D eigenvalue weighted by molar-refractivity contribution is 5.75. The molecule has 1 heterocycles. The SMILES string of the molecule is Cc1ccccc1-c1ccc(-c2nc(-c3ccc(CN[C@@H](C)C(=O)O)cc3)no2)cc1C(F)(F)F. The predicted octanol–water partition coefficient (Wildman–Crippen LogP) is 5.96. The molecule has 1 atom stereocenters. The van der Waals surface area contributed by atoms with E-state index in [4.69, 9.17) is 9.63 Å². The summed E-state index contributed by atoms with van der Waals surface area (Å²) in [5, 5.41) is 15.7. The number of carbonyl (C=O) groups is 1. The van der Waals surface area contributed by atoms with E-state index in [1.54, 1.807) is 62.4 Å². The Kier molecular flexibility index (Phi) is 6.70. The summed E-state index contributed by atoms with van der Waals surface area (Å²) in [6, 6.07) is 17.2. The number of carboxylic acid groups (broad SMARTS) is 1. The molecule has 0 aliphatic heterocycles. The Morgan fingerprint density at radius 1 is 1.03 bits per heavy atom. The summed E-state index contributed by atoms with van der Waals surface area (Å²) in [5.74, 6) is -0.737. The number of hydrogen-bond acceptors (Lipinski definition) is 5. The smallest absolute Gasteiger partial charge is 0.417 e. The van der Waals surface area contributed by atoms with Crippen LogP contribution in [0.1, 0.15) is 23.6 Å². The number of carboxylic acids is 1. The van der Waals surface area contributed by atoms with Gasteiger partial charge in [-0.1, -0.05) is 59.8 Å². The summed E-state index contributed by atoms with van der Waals surface area (Å²) in [7, 11) is 0. The highest BCUT2D eigenvalue weighted by Gasteiger charge is 2.34. The quantitative estimate of drug-likeness (QED) is 0.339. The van der Waals surface area contributed by atoms with Gasteiger partial charge in [0.05, 0.1) is 5.56 Å². The molecule has 0 radical (unpaired) electrons. The Bertz CT molecular complexity index is 1350. The van der Waals surface area contributed by atoms with Crippen molar-refractivity contribution in [3.63, 3.8) is 0 Å². The number of aromatic nitrogens is 2. The molecule has 0 spiro atoms. The molecule has 6 nitrogen and oxygen atoms in total. The number of nitrogens with one attached hydrogen (secondary N) is 1. The van der Waals surface area contributed by atoms with Crippen LogP contribution in [0.2, 0.25) is 0 Å². The lowest BCUT2D eigenvalue weighted by Gasteiger charge is -2.15. The van der Waals surface area contributed by atoms with Gasteiger partial charge in [-0.3, -0.25) is 4.79 Å². The second-order valence-electron chi connectivity index (χ2n) is 8.13. The molecule has 4 rings (SSSR count). The topological polar surface area (TPSA) is 88.2 Å². The minimum Gasteiger partial charge on any atom is -0.480 e. The Labute approximate surface area is 199 Å². The van der Waals surface area contributed by atoms with Gasteiger partial charge >= 0.3 is 12.1 Å². The van der Waals surface area contributed by atoms with Crippen LogP contribution in [0.25, 0.3) is 34.0 Å². The van der Waals surface area contributed by atoms with Gasteiger partial charge in [-0.05, 0) is 48.2 Å². The van der Waals surface area contributed by atoms with Crippen molar-refractivity contribution < 1.29 is 27.6 Å². The van der Waals surface area contributed by atoms with Crippen LogP contribution in [0.3, 0.4) is 0 Å². The van der Waals surface area contributed by atoms with Crippen molar-refractivity contribution in [1.29, 1.82) is 0 Å². The van der Waals surface area contributed by atoms with E-state index in [1.807, 2.05) is 0 Å². The van der Waals surface area contributed by atoms with Gasteiger partial charge in [0, 0.05) is 17.7 Å². The summed E-state index contributed by atoms with van der Waals surface area (Å²) in [6.07, 6.45) is -4.57. The zero-order valence-corrected chi connectivity index (χ0v) is 18.9. The minimum absolute atomic E-state index is 0.0251. The molecule has 9 heteroatoms. The van der Waals surface area contributed by atoms with Crippen molar-refractivity contribution >= 4 is 5.97 Å². The largest absolute Gasteiger partial charge is 0.480 e. The Morgan fingerprint density at radius 3 is 2.37 bits per heavy atom. The molecule has 0 aliphatic carbocycles. The maximum Gasteiger partial charge on any atom is 0.417 e. The molecular weight excluding hydrogens is 459 g/mol. The fraction of sp³-hybridized carbons (Fsp3) is 0.192. The van der Waals surface area contributed by atoms with Crippen LogP contribution in [0, 0.1) is 6.92 Å². The number of halogens is 3. The van der Waals surface area contributed by atoms with E-state index in [9.17, 15) is 18.0 Å². The summed E-state index contributed by atoms with van der Waals surface area (Å²) >= 11 is 0. The Morgan fingerprint density at radius 2 is 1.71 bits per heavy atom. The van der Waals surface area contributed by atoms with E-state index in [-0.39, 0.29) is 22.8 Å². The summed E-state index contributed by atoms with van der Waals surface area (Å²) in [6.45, 7) is 3.68. The number of aryl methyl sites for hydroxylation is 1. The van der Waals surface area contributed by atoms with Gasteiger partial charge in [0.25, 0.3) is 5.89 Å². The van der Waals surface area contributed by atoms with Crippen molar-refractivity contribution in [1.82, 2.24) is 15.5 Å². The molecule has 180 valence electrons. The van der Waals surface area contributed by atoms with Crippen LogP contribution in [0.4, 0.5) is 13.2 Å². The van der Waals surface area contributed by atoms with Gasteiger partial charge in [0.15, 0.2) is 0 Å². The molecule has 35 heavy (non-hydrogen) atoms. The van der Waals surface area contributed by atoms with Crippen LogP contribution in [-0.2, 0) is 17.5 Å². The molecule has 0 aliphatic rings. The maximum atomic E-state index is 13.9. The summed E-state index contributed by atoms with van der Waals surface area (Å²) in [5.41, 5.74) is 2.18. The summed E-state index contributed by atoms with van der Waals surface area (Å²) in [4.78, 5) is 15.2. The van der Waals surface area contributed by atoms with Crippen LogP contribution >= 0.6 is 0 Å². The van der Waals surface area contributed by atoms with Crippen LogP contribution in [-0.4, -0.2) is 27.3 Å². The molecule has 2 N–H and O–H groups in total. The molecule has 0 fully saturated rings. The first kappa shape index (κ1) is 24.2. The first-order valence-electron chi connectivity index (χ1n) is 10.8. The van der Waals surface area contributed by atoms with Crippen molar-refractivity contribution in [3.8, 4) is 34.0 Å². The number of aliphatic carboxylic acids is 1. The molecule has 0 unspecified atom stereocenters. The van der Waals surface area contributed by atoms with Gasteiger partial charge in [-0.25, -0.2) is 0 Å². The van der Waals surface area contributed by atoms with E-state index < -0.39 is 23.8 Å². The lowest BCUT2D eigenvalue weighted by atomic mass is 9.94. The highest BCUT2D eigenvalue weighted by atomic mass is 19.4. The molecule has 0 amide bonds. The third-order valence-electron chi connectivity index (χ3n) is 5.63. The Hall–Kier alpha value is -3.98. The van der Waals surface area contributed by atoms with Crippen LogP contribution in [0.15, 0.2) is 71.3 Å². The highest BCUT2D eigenvalue weighted by Crippen LogP contribution is 2.40. The van der Waals surface area contributed by atoms with E-state index in [1.165, 1.54) is 12.1 Å². The van der Waals surface area contributed by atoms with Crippen molar-refractivity contribution in [3.05, 3.63) is 83.4 Å². The predicted molar refractivity (Wildman–Crippen MR) is 124 cm³/mol. The zero-order valence-electron chi connectivity index (χ0n) is 18.9. The third-order valence-corrected chi connectivity index (χ3v) is 5.63. The van der Waals surface area contributed by atoms with Crippen LogP contribution in [0.5, 0.6) is 0 Å². The first-order chi connectivity index (χ1) is 16.6. The second-order valence-corrected chi connectivity index (χ2v) is 8.13. The fourth-order valence-corrected chi connectivity index (χ4v) is 3.61. The van der Waals surface area contributed by atoms with E-state index in [2.05, 4.69) is 15.5 Å². The fourth-order valence-electron chi connectivity index (χ4n) is 3.61. The molecule has 0 saturated heterocycles. The lowest BCUT2D eigenvalue weighted by molar-refractivity contribution is -0.139. The first-order valence-corrected chi connectivity index (χ1v) is 10.8. The van der Waals surface area contributed by atoms with Gasteiger partial charge in [0.1, 0.15) is 6.04 Å².